The van der Waals surface area contributed by atoms with Crippen LogP contribution < -0.4 is 0 Å². The van der Waals surface area contributed by atoms with E-state index in [-0.39, 0.29) is 11.8 Å². The van der Waals surface area contributed by atoms with Gasteiger partial charge in [0.05, 0.1) is 5.52 Å². The van der Waals surface area contributed by atoms with Crippen LogP contribution in [0, 0.1) is 5.92 Å². The van der Waals surface area contributed by atoms with Gasteiger partial charge in [-0.15, -0.1) is 16.7 Å². The zero-order valence-corrected chi connectivity index (χ0v) is 17.4. The largest absolute Gasteiger partial charge is 0.272 e. The first-order valence-electron chi connectivity index (χ1n) is 10.2. The number of aromatic nitrogens is 3. The van der Waals surface area contributed by atoms with Gasteiger partial charge in [-0.25, -0.2) is 0 Å². The van der Waals surface area contributed by atoms with E-state index in [0.29, 0.717) is 11.8 Å². The summed E-state index contributed by atoms with van der Waals surface area (Å²) < 4.78 is 1.48. The summed E-state index contributed by atoms with van der Waals surface area (Å²) in [6.45, 7) is 4.29. The van der Waals surface area contributed by atoms with E-state index in [2.05, 4.69) is 48.4 Å². The molecule has 3 aromatic rings. The SMILES string of the molecule is CCCC(CCC(CC)C(=O)n1nnc2ccccc21)c1ccc(CCl)cc1. The van der Waals surface area contributed by atoms with Gasteiger partial charge in [0.15, 0.2) is 0 Å². The molecule has 0 bridgehead atoms. The number of fused-ring (bicyclic) bond motifs is 1. The molecule has 0 fully saturated rings. The number of para-hydroxylation sites is 1. The third kappa shape index (κ3) is 4.61. The van der Waals surface area contributed by atoms with Gasteiger partial charge in [0, 0.05) is 11.8 Å². The molecule has 2 atom stereocenters. The van der Waals surface area contributed by atoms with Crippen molar-refractivity contribution in [1.82, 2.24) is 15.0 Å². The Morgan fingerprint density at radius 1 is 1.04 bits per heavy atom. The molecule has 3 rings (SSSR count). The number of hydrogen-bond donors (Lipinski definition) is 0. The lowest BCUT2D eigenvalue weighted by molar-refractivity contribution is 0.0806. The lowest BCUT2D eigenvalue weighted by atomic mass is 9.86. The van der Waals surface area contributed by atoms with E-state index in [1.807, 2.05) is 24.3 Å². The Bertz CT molecular complexity index is 904. The number of hydrogen-bond acceptors (Lipinski definition) is 3. The van der Waals surface area contributed by atoms with Crippen molar-refractivity contribution in [2.45, 2.75) is 57.7 Å². The lowest BCUT2D eigenvalue weighted by Gasteiger charge is -2.20. The summed E-state index contributed by atoms with van der Waals surface area (Å²) in [7, 11) is 0. The Morgan fingerprint density at radius 3 is 2.46 bits per heavy atom. The fourth-order valence-electron chi connectivity index (χ4n) is 3.81. The lowest BCUT2D eigenvalue weighted by Crippen LogP contribution is -2.23. The molecular formula is C23H28ClN3O. The molecule has 28 heavy (non-hydrogen) atoms. The molecule has 0 aliphatic rings. The maximum absolute atomic E-state index is 13.1. The average Bonchev–Trinajstić information content (AvgIpc) is 3.17. The third-order valence-electron chi connectivity index (χ3n) is 5.51. The van der Waals surface area contributed by atoms with Gasteiger partial charge < -0.3 is 0 Å². The summed E-state index contributed by atoms with van der Waals surface area (Å²) >= 11 is 5.92. The first kappa shape index (κ1) is 20.5. The molecule has 5 heteroatoms. The Morgan fingerprint density at radius 2 is 1.79 bits per heavy atom. The van der Waals surface area contributed by atoms with Crippen LogP contribution in [0.2, 0.25) is 0 Å². The maximum Gasteiger partial charge on any atom is 0.251 e. The van der Waals surface area contributed by atoms with E-state index >= 15 is 0 Å². The summed E-state index contributed by atoms with van der Waals surface area (Å²) in [4.78, 5) is 13.1. The highest BCUT2D eigenvalue weighted by atomic mass is 35.5. The van der Waals surface area contributed by atoms with Gasteiger partial charge in [0.25, 0.3) is 5.91 Å². The quantitative estimate of drug-likeness (QED) is 0.404. The van der Waals surface area contributed by atoms with Crippen molar-refractivity contribution in [3.05, 3.63) is 59.7 Å². The van der Waals surface area contributed by atoms with Crippen molar-refractivity contribution in [3.8, 4) is 0 Å². The van der Waals surface area contributed by atoms with Crippen molar-refractivity contribution in [2.75, 3.05) is 0 Å². The number of halogens is 1. The van der Waals surface area contributed by atoms with Crippen molar-refractivity contribution >= 4 is 28.5 Å². The Hall–Kier alpha value is -2.20. The van der Waals surface area contributed by atoms with Crippen LogP contribution in [0.4, 0.5) is 0 Å². The summed E-state index contributed by atoms with van der Waals surface area (Å²) in [6.07, 6.45) is 4.89. The summed E-state index contributed by atoms with van der Waals surface area (Å²) in [5.74, 6) is 0.996. The Kier molecular flexibility index (Phi) is 7.21. The van der Waals surface area contributed by atoms with Gasteiger partial charge in [-0.3, -0.25) is 4.79 Å². The summed E-state index contributed by atoms with van der Waals surface area (Å²) in [5.41, 5.74) is 4.02. The molecule has 0 N–H and O–H groups in total. The second kappa shape index (κ2) is 9.83. The molecule has 0 amide bonds. The van der Waals surface area contributed by atoms with Crippen molar-refractivity contribution in [1.29, 1.82) is 0 Å². The van der Waals surface area contributed by atoms with Crippen LogP contribution in [0.3, 0.4) is 0 Å². The van der Waals surface area contributed by atoms with Crippen LogP contribution in [-0.2, 0) is 5.88 Å². The van der Waals surface area contributed by atoms with E-state index in [1.165, 1.54) is 10.2 Å². The van der Waals surface area contributed by atoms with Crippen molar-refractivity contribution < 1.29 is 4.79 Å². The minimum atomic E-state index is -0.0495. The maximum atomic E-state index is 13.1. The number of alkyl halides is 1. The molecule has 2 aromatic carbocycles. The minimum Gasteiger partial charge on any atom is -0.272 e. The highest BCUT2D eigenvalue weighted by Crippen LogP contribution is 2.30. The van der Waals surface area contributed by atoms with E-state index in [1.54, 1.807) is 0 Å². The molecule has 0 spiro atoms. The first-order valence-corrected chi connectivity index (χ1v) is 10.7. The molecule has 4 nitrogen and oxygen atoms in total. The number of nitrogens with zero attached hydrogens (tertiary/aromatic N) is 3. The molecule has 0 radical (unpaired) electrons. The van der Waals surface area contributed by atoms with Crippen molar-refractivity contribution in [3.63, 3.8) is 0 Å². The van der Waals surface area contributed by atoms with Crippen LogP contribution in [0.5, 0.6) is 0 Å². The average molecular weight is 398 g/mol. The molecule has 1 heterocycles. The molecule has 2 unspecified atom stereocenters. The molecular weight excluding hydrogens is 370 g/mol. The zero-order valence-electron chi connectivity index (χ0n) is 16.6. The zero-order chi connectivity index (χ0) is 19.9. The summed E-state index contributed by atoms with van der Waals surface area (Å²) in [5, 5.41) is 8.24. The van der Waals surface area contributed by atoms with Gasteiger partial charge in [0.1, 0.15) is 5.52 Å². The second-order valence-corrected chi connectivity index (χ2v) is 7.64. The van der Waals surface area contributed by atoms with Crippen LogP contribution >= 0.6 is 11.6 Å². The van der Waals surface area contributed by atoms with Gasteiger partial charge >= 0.3 is 0 Å². The third-order valence-corrected chi connectivity index (χ3v) is 5.82. The van der Waals surface area contributed by atoms with E-state index < -0.39 is 0 Å². The molecule has 0 saturated heterocycles. The Balaban J connectivity index is 1.72. The molecule has 1 aromatic heterocycles. The van der Waals surface area contributed by atoms with Crippen LogP contribution in [0.1, 0.15) is 67.8 Å². The molecule has 148 valence electrons. The van der Waals surface area contributed by atoms with Crippen LogP contribution in [-0.4, -0.2) is 20.9 Å². The number of rotatable bonds is 9. The van der Waals surface area contributed by atoms with E-state index in [0.717, 1.165) is 48.7 Å². The van der Waals surface area contributed by atoms with E-state index in [9.17, 15) is 4.79 Å². The predicted octanol–water partition coefficient (Wildman–Crippen LogP) is 6.20. The normalized spacial score (nSPS) is 13.5. The number of carbonyl (C=O) groups excluding carboxylic acids is 1. The van der Waals surface area contributed by atoms with Crippen LogP contribution in [0.25, 0.3) is 11.0 Å². The van der Waals surface area contributed by atoms with E-state index in [4.69, 9.17) is 11.6 Å². The predicted molar refractivity (Wildman–Crippen MR) is 115 cm³/mol. The number of carbonyl (C=O) groups is 1. The van der Waals surface area contributed by atoms with Gasteiger partial charge in [-0.05, 0) is 54.9 Å². The number of benzene rings is 2. The first-order chi connectivity index (χ1) is 13.7. The monoisotopic (exact) mass is 397 g/mol. The van der Waals surface area contributed by atoms with Gasteiger partial charge in [-0.2, -0.15) is 4.68 Å². The summed E-state index contributed by atoms with van der Waals surface area (Å²) in [6, 6.07) is 16.2. The molecule has 0 aliphatic carbocycles. The fraction of sp³-hybridized carbons (Fsp3) is 0.435. The highest BCUT2D eigenvalue weighted by molar-refractivity contribution is 6.17. The van der Waals surface area contributed by atoms with Crippen molar-refractivity contribution in [2.24, 2.45) is 5.92 Å². The minimum absolute atomic E-state index is 0.0453. The fourth-order valence-corrected chi connectivity index (χ4v) is 3.99. The van der Waals surface area contributed by atoms with Gasteiger partial charge in [-0.1, -0.05) is 61.9 Å². The highest BCUT2D eigenvalue weighted by Gasteiger charge is 2.23. The molecule has 0 saturated carbocycles. The second-order valence-electron chi connectivity index (χ2n) is 7.37. The Labute approximate surface area is 171 Å². The topological polar surface area (TPSA) is 47.8 Å². The van der Waals surface area contributed by atoms with Gasteiger partial charge in [0.2, 0.25) is 0 Å². The smallest absolute Gasteiger partial charge is 0.251 e. The van der Waals surface area contributed by atoms with Crippen LogP contribution in [0.15, 0.2) is 48.5 Å². The standard InChI is InChI=1S/C23H28ClN3O/c1-3-7-19(20-12-10-17(16-24)11-13-20)15-14-18(4-2)23(28)27-22-9-6-5-8-21(22)25-26-27/h5-6,8-13,18-19H,3-4,7,14-16H2,1-2H3. The molecule has 0 aliphatic heterocycles.